The molecule has 0 aliphatic carbocycles. The Balaban J connectivity index is 1.68. The number of nitrogens with zero attached hydrogens (tertiary/aromatic N) is 2. The van der Waals surface area contributed by atoms with Crippen LogP contribution in [0.4, 0.5) is 0 Å². The summed E-state index contributed by atoms with van der Waals surface area (Å²) in [5.74, 6) is 0.503. The Morgan fingerprint density at radius 2 is 2.19 bits per heavy atom. The van der Waals surface area contributed by atoms with Crippen molar-refractivity contribution in [1.82, 2.24) is 9.80 Å². The van der Waals surface area contributed by atoms with E-state index in [1.54, 1.807) is 25.3 Å². The molecule has 3 rings (SSSR count). The molecular formula is C21H29ClN2O3. The maximum absolute atomic E-state index is 13.1. The predicted octanol–water partition coefficient (Wildman–Crippen LogP) is 3.62. The Morgan fingerprint density at radius 3 is 2.89 bits per heavy atom. The van der Waals surface area contributed by atoms with Crippen molar-refractivity contribution in [3.8, 4) is 5.75 Å². The van der Waals surface area contributed by atoms with Gasteiger partial charge in [0.2, 0.25) is 0 Å². The van der Waals surface area contributed by atoms with E-state index < -0.39 is 0 Å². The zero-order chi connectivity index (χ0) is 19.6. The van der Waals surface area contributed by atoms with Crippen molar-refractivity contribution in [1.29, 1.82) is 0 Å². The number of amides is 1. The van der Waals surface area contributed by atoms with Gasteiger partial charge in [-0.3, -0.25) is 9.69 Å². The van der Waals surface area contributed by atoms with Gasteiger partial charge in [0, 0.05) is 31.7 Å². The van der Waals surface area contributed by atoms with Crippen LogP contribution in [-0.2, 0) is 4.74 Å². The van der Waals surface area contributed by atoms with Gasteiger partial charge in [-0.05, 0) is 38.8 Å². The molecule has 2 aliphatic heterocycles. The lowest BCUT2D eigenvalue weighted by atomic mass is 9.84. The molecule has 1 aromatic carbocycles. The van der Waals surface area contributed by atoms with Gasteiger partial charge in [0.1, 0.15) is 5.75 Å². The van der Waals surface area contributed by atoms with Gasteiger partial charge in [-0.15, -0.1) is 0 Å². The Morgan fingerprint density at radius 1 is 1.41 bits per heavy atom. The maximum Gasteiger partial charge on any atom is 0.255 e. The molecule has 2 saturated heterocycles. The average molecular weight is 393 g/mol. The van der Waals surface area contributed by atoms with Crippen LogP contribution in [0.2, 0.25) is 5.02 Å². The fourth-order valence-electron chi connectivity index (χ4n) is 4.03. The number of piperidine rings is 1. The Bertz CT molecular complexity index is 723. The zero-order valence-electron chi connectivity index (χ0n) is 16.5. The van der Waals surface area contributed by atoms with E-state index in [-0.39, 0.29) is 17.6 Å². The Hall–Kier alpha value is -1.56. The number of hydrogen-bond donors (Lipinski definition) is 0. The molecule has 27 heavy (non-hydrogen) atoms. The first-order chi connectivity index (χ1) is 12.8. The lowest BCUT2D eigenvalue weighted by Gasteiger charge is -2.53. The number of carbonyl (C=O) groups is 1. The molecule has 2 atom stereocenters. The lowest BCUT2D eigenvalue weighted by molar-refractivity contribution is -0.0726. The van der Waals surface area contributed by atoms with Gasteiger partial charge in [0.15, 0.2) is 0 Å². The van der Waals surface area contributed by atoms with E-state index in [0.717, 1.165) is 31.5 Å². The molecule has 1 aromatic rings. The second kappa shape index (κ2) is 8.21. The minimum Gasteiger partial charge on any atom is -0.495 e. The number of fused-ring (bicyclic) bond motifs is 1. The number of hydrogen-bond acceptors (Lipinski definition) is 4. The van der Waals surface area contributed by atoms with Gasteiger partial charge < -0.3 is 14.4 Å². The quantitative estimate of drug-likeness (QED) is 0.718. The standard InChI is InChI=1S/C21H29ClN2O3/c1-15(2)13-27-16-8-9-21(3)14-23(10-11-24(21)12-16)20(25)17-6-5-7-18(26-4)19(17)22/h5-7,16H,1,8-14H2,2-4H3. The molecule has 1 amide bonds. The van der Waals surface area contributed by atoms with Crippen LogP contribution in [0.15, 0.2) is 30.4 Å². The minimum atomic E-state index is -0.0274. The SMILES string of the molecule is C=C(C)COC1CCC2(C)CN(C(=O)c3cccc(OC)c3Cl)CCN2C1. The topological polar surface area (TPSA) is 42.0 Å². The Labute approximate surface area is 166 Å². The third-order valence-electron chi connectivity index (χ3n) is 5.63. The molecule has 0 saturated carbocycles. The molecule has 2 heterocycles. The molecule has 0 bridgehead atoms. The van der Waals surface area contributed by atoms with Gasteiger partial charge in [0.05, 0.1) is 30.4 Å². The zero-order valence-corrected chi connectivity index (χ0v) is 17.2. The number of carbonyl (C=O) groups excluding carboxylic acids is 1. The summed E-state index contributed by atoms with van der Waals surface area (Å²) in [6.45, 7) is 11.9. The van der Waals surface area contributed by atoms with Gasteiger partial charge in [-0.1, -0.05) is 29.8 Å². The van der Waals surface area contributed by atoms with E-state index in [9.17, 15) is 4.79 Å². The monoisotopic (exact) mass is 392 g/mol. The van der Waals surface area contributed by atoms with Crippen LogP contribution in [0, 0.1) is 0 Å². The first-order valence-electron chi connectivity index (χ1n) is 9.47. The van der Waals surface area contributed by atoms with Crippen LogP contribution >= 0.6 is 11.6 Å². The first kappa shape index (κ1) is 20.2. The smallest absolute Gasteiger partial charge is 0.255 e. The summed E-state index contributed by atoms with van der Waals surface area (Å²) in [7, 11) is 1.56. The van der Waals surface area contributed by atoms with Gasteiger partial charge in [-0.2, -0.15) is 0 Å². The summed E-state index contributed by atoms with van der Waals surface area (Å²) in [6.07, 6.45) is 2.25. The molecule has 0 aromatic heterocycles. The van der Waals surface area contributed by atoms with Crippen molar-refractivity contribution >= 4 is 17.5 Å². The van der Waals surface area contributed by atoms with Crippen LogP contribution in [0.5, 0.6) is 5.75 Å². The average Bonchev–Trinajstić information content (AvgIpc) is 2.65. The highest BCUT2D eigenvalue weighted by Gasteiger charge is 2.43. The highest BCUT2D eigenvalue weighted by atomic mass is 35.5. The second-order valence-electron chi connectivity index (χ2n) is 7.92. The number of piperazine rings is 1. The summed E-state index contributed by atoms with van der Waals surface area (Å²) in [5.41, 5.74) is 1.53. The van der Waals surface area contributed by atoms with Crippen LogP contribution in [0.3, 0.4) is 0 Å². The third kappa shape index (κ3) is 4.31. The molecular weight excluding hydrogens is 364 g/mol. The number of halogens is 1. The third-order valence-corrected chi connectivity index (χ3v) is 6.02. The van der Waals surface area contributed by atoms with Crippen LogP contribution < -0.4 is 4.74 Å². The number of rotatable bonds is 5. The van der Waals surface area contributed by atoms with E-state index in [1.807, 2.05) is 11.8 Å². The summed E-state index contributed by atoms with van der Waals surface area (Å²) in [6, 6.07) is 5.34. The predicted molar refractivity (Wildman–Crippen MR) is 108 cm³/mol. The normalized spacial score (nSPS) is 25.8. The van der Waals surface area contributed by atoms with Crippen molar-refractivity contribution < 1.29 is 14.3 Å². The Kier molecular flexibility index (Phi) is 6.14. The highest BCUT2D eigenvalue weighted by molar-refractivity contribution is 6.35. The molecule has 0 radical (unpaired) electrons. The fourth-order valence-corrected chi connectivity index (χ4v) is 4.32. The molecule has 6 heteroatoms. The van der Waals surface area contributed by atoms with Crippen LogP contribution in [0.1, 0.15) is 37.0 Å². The van der Waals surface area contributed by atoms with Crippen LogP contribution in [0.25, 0.3) is 0 Å². The van der Waals surface area contributed by atoms with Crippen molar-refractivity contribution in [2.75, 3.05) is 39.9 Å². The molecule has 0 spiro atoms. The van der Waals surface area contributed by atoms with Gasteiger partial charge in [-0.25, -0.2) is 0 Å². The van der Waals surface area contributed by atoms with Crippen molar-refractivity contribution in [2.24, 2.45) is 0 Å². The van der Waals surface area contributed by atoms with Crippen LogP contribution in [-0.4, -0.2) is 67.2 Å². The van der Waals surface area contributed by atoms with Crippen molar-refractivity contribution in [3.05, 3.63) is 40.9 Å². The highest BCUT2D eigenvalue weighted by Crippen LogP contribution is 2.34. The molecule has 2 unspecified atom stereocenters. The summed E-state index contributed by atoms with van der Waals surface area (Å²) >= 11 is 6.37. The van der Waals surface area contributed by atoms with E-state index in [2.05, 4.69) is 18.4 Å². The summed E-state index contributed by atoms with van der Waals surface area (Å²) in [5, 5.41) is 0.384. The number of benzene rings is 1. The van der Waals surface area contributed by atoms with E-state index in [0.29, 0.717) is 36.0 Å². The molecule has 2 fully saturated rings. The first-order valence-corrected chi connectivity index (χ1v) is 9.84. The molecule has 148 valence electrons. The van der Waals surface area contributed by atoms with E-state index >= 15 is 0 Å². The molecule has 0 N–H and O–H groups in total. The fraction of sp³-hybridized carbons (Fsp3) is 0.571. The minimum absolute atomic E-state index is 0.0255. The number of methoxy groups -OCH3 is 1. The summed E-state index contributed by atoms with van der Waals surface area (Å²) in [4.78, 5) is 17.5. The molecule has 2 aliphatic rings. The lowest BCUT2D eigenvalue weighted by Crippen LogP contribution is -2.65. The van der Waals surface area contributed by atoms with Crippen molar-refractivity contribution in [2.45, 2.75) is 38.3 Å². The maximum atomic E-state index is 13.1. The van der Waals surface area contributed by atoms with E-state index in [4.69, 9.17) is 21.1 Å². The van der Waals surface area contributed by atoms with Crippen molar-refractivity contribution in [3.63, 3.8) is 0 Å². The molecule has 5 nitrogen and oxygen atoms in total. The van der Waals surface area contributed by atoms with Gasteiger partial charge >= 0.3 is 0 Å². The largest absolute Gasteiger partial charge is 0.495 e. The number of ether oxygens (including phenoxy) is 2. The van der Waals surface area contributed by atoms with E-state index in [1.165, 1.54) is 0 Å². The second-order valence-corrected chi connectivity index (χ2v) is 8.30. The van der Waals surface area contributed by atoms with Gasteiger partial charge in [0.25, 0.3) is 5.91 Å². The summed E-state index contributed by atoms with van der Waals surface area (Å²) < 4.78 is 11.2.